The van der Waals surface area contributed by atoms with Gasteiger partial charge in [-0.15, -0.1) is 0 Å². The van der Waals surface area contributed by atoms with Crippen molar-refractivity contribution in [3.05, 3.63) is 35.8 Å². The summed E-state index contributed by atoms with van der Waals surface area (Å²) in [7, 11) is 0. The van der Waals surface area contributed by atoms with Crippen LogP contribution >= 0.6 is 0 Å². The molecule has 0 fully saturated rings. The van der Waals surface area contributed by atoms with Gasteiger partial charge in [0, 0.05) is 22.8 Å². The van der Waals surface area contributed by atoms with E-state index in [0.29, 0.717) is 0 Å². The van der Waals surface area contributed by atoms with Gasteiger partial charge in [0.05, 0.1) is 6.26 Å². The van der Waals surface area contributed by atoms with Crippen molar-refractivity contribution in [2.75, 3.05) is 0 Å². The third kappa shape index (κ3) is 1.27. The molecule has 3 nitrogen and oxygen atoms in total. The van der Waals surface area contributed by atoms with Crippen molar-refractivity contribution in [2.45, 2.75) is 13.3 Å². The van der Waals surface area contributed by atoms with Crippen LogP contribution in [0.1, 0.15) is 18.2 Å². The maximum absolute atomic E-state index is 7.31. The Bertz CT molecular complexity index is 485. The number of amidine groups is 1. The fourth-order valence-corrected chi connectivity index (χ4v) is 1.55. The van der Waals surface area contributed by atoms with E-state index in [9.17, 15) is 0 Å². The minimum atomic E-state index is 0.0890. The molecule has 1 heterocycles. The molecule has 1 aromatic carbocycles. The van der Waals surface area contributed by atoms with E-state index in [0.717, 1.165) is 28.5 Å². The van der Waals surface area contributed by atoms with Crippen molar-refractivity contribution in [1.29, 1.82) is 5.41 Å². The number of aryl methyl sites for hydroxylation is 1. The molecular weight excluding hydrogens is 176 g/mol. The lowest BCUT2D eigenvalue weighted by Gasteiger charge is -1.97. The van der Waals surface area contributed by atoms with Crippen LogP contribution < -0.4 is 5.73 Å². The number of nitrogen functional groups attached to an aromatic ring is 1. The van der Waals surface area contributed by atoms with E-state index in [2.05, 4.69) is 6.92 Å². The van der Waals surface area contributed by atoms with Crippen LogP contribution in [-0.4, -0.2) is 5.84 Å². The van der Waals surface area contributed by atoms with Crippen LogP contribution in [-0.2, 0) is 6.42 Å². The third-order valence-corrected chi connectivity index (χ3v) is 2.31. The summed E-state index contributed by atoms with van der Waals surface area (Å²) in [6, 6.07) is 5.67. The molecule has 0 saturated carbocycles. The number of fused-ring (bicyclic) bond motifs is 1. The molecule has 3 N–H and O–H groups in total. The van der Waals surface area contributed by atoms with Gasteiger partial charge in [-0.3, -0.25) is 5.41 Å². The van der Waals surface area contributed by atoms with Crippen molar-refractivity contribution in [3.63, 3.8) is 0 Å². The molecule has 0 bridgehead atoms. The number of hydrogen-bond donors (Lipinski definition) is 2. The maximum atomic E-state index is 7.31. The van der Waals surface area contributed by atoms with Crippen LogP contribution in [0.3, 0.4) is 0 Å². The number of nitrogens with one attached hydrogen (secondary N) is 1. The highest BCUT2D eigenvalue weighted by Gasteiger charge is 2.05. The first kappa shape index (κ1) is 8.81. The van der Waals surface area contributed by atoms with Crippen LogP contribution in [0.5, 0.6) is 0 Å². The highest BCUT2D eigenvalue weighted by molar-refractivity contribution is 5.99. The van der Waals surface area contributed by atoms with Gasteiger partial charge in [-0.1, -0.05) is 19.1 Å². The van der Waals surface area contributed by atoms with E-state index < -0.39 is 0 Å². The number of nitrogens with two attached hydrogens (primary N) is 1. The molecule has 0 saturated heterocycles. The molecular formula is C11H12N2O. The first-order chi connectivity index (χ1) is 6.72. The molecule has 0 amide bonds. The number of rotatable bonds is 2. The van der Waals surface area contributed by atoms with E-state index in [1.807, 2.05) is 18.2 Å². The molecule has 1 aromatic heterocycles. The van der Waals surface area contributed by atoms with Crippen molar-refractivity contribution in [2.24, 2.45) is 5.73 Å². The topological polar surface area (TPSA) is 63.0 Å². The highest BCUT2D eigenvalue weighted by atomic mass is 16.3. The Labute approximate surface area is 82.0 Å². The molecule has 2 rings (SSSR count). The Kier molecular flexibility index (Phi) is 2.00. The molecule has 0 unspecified atom stereocenters. The van der Waals surface area contributed by atoms with Crippen molar-refractivity contribution < 1.29 is 4.42 Å². The molecule has 0 spiro atoms. The van der Waals surface area contributed by atoms with Gasteiger partial charge in [0.2, 0.25) is 0 Å². The second kappa shape index (κ2) is 3.18. The Balaban J connectivity index is 2.63. The summed E-state index contributed by atoms with van der Waals surface area (Å²) in [5.74, 6) is 1.07. The normalized spacial score (nSPS) is 10.6. The molecule has 0 atom stereocenters. The monoisotopic (exact) mass is 188 g/mol. The number of benzene rings is 1. The second-order valence-corrected chi connectivity index (χ2v) is 3.23. The highest BCUT2D eigenvalue weighted by Crippen LogP contribution is 2.22. The summed E-state index contributed by atoms with van der Waals surface area (Å²) < 4.78 is 5.39. The Morgan fingerprint density at radius 1 is 1.50 bits per heavy atom. The van der Waals surface area contributed by atoms with Crippen LogP contribution in [0.15, 0.2) is 28.9 Å². The Morgan fingerprint density at radius 3 is 2.93 bits per heavy atom. The first-order valence-electron chi connectivity index (χ1n) is 4.57. The van der Waals surface area contributed by atoms with Crippen LogP contribution in [0.4, 0.5) is 0 Å². The zero-order valence-corrected chi connectivity index (χ0v) is 8.00. The summed E-state index contributed by atoms with van der Waals surface area (Å²) in [5, 5.41) is 9.43. The van der Waals surface area contributed by atoms with Gasteiger partial charge >= 0.3 is 0 Å². The molecule has 0 radical (unpaired) electrons. The van der Waals surface area contributed by atoms with Gasteiger partial charge in [0.1, 0.15) is 11.6 Å². The maximum Gasteiger partial charge on any atom is 0.122 e. The minimum Gasteiger partial charge on any atom is -0.468 e. The van der Waals surface area contributed by atoms with Crippen molar-refractivity contribution >= 4 is 16.6 Å². The third-order valence-electron chi connectivity index (χ3n) is 2.31. The van der Waals surface area contributed by atoms with Gasteiger partial charge in [-0.2, -0.15) is 0 Å². The smallest absolute Gasteiger partial charge is 0.122 e. The minimum absolute atomic E-state index is 0.0890. The molecule has 0 aliphatic carbocycles. The quantitative estimate of drug-likeness (QED) is 0.561. The van der Waals surface area contributed by atoms with Gasteiger partial charge in [-0.25, -0.2) is 0 Å². The van der Waals surface area contributed by atoms with E-state index >= 15 is 0 Å². The SMILES string of the molecule is CCc1occ2cc(C(=N)N)ccc12. The zero-order valence-electron chi connectivity index (χ0n) is 8.00. The van der Waals surface area contributed by atoms with Crippen molar-refractivity contribution in [1.82, 2.24) is 0 Å². The van der Waals surface area contributed by atoms with E-state index in [-0.39, 0.29) is 5.84 Å². The summed E-state index contributed by atoms with van der Waals surface area (Å²) in [6.45, 7) is 2.05. The van der Waals surface area contributed by atoms with Gasteiger partial charge in [0.15, 0.2) is 0 Å². The van der Waals surface area contributed by atoms with Gasteiger partial charge in [-0.05, 0) is 6.07 Å². The van der Waals surface area contributed by atoms with E-state index in [1.165, 1.54) is 0 Å². The molecule has 0 aliphatic heterocycles. The zero-order chi connectivity index (χ0) is 10.1. The molecule has 3 heteroatoms. The molecule has 0 aliphatic rings. The average Bonchev–Trinajstić information content (AvgIpc) is 2.59. The largest absolute Gasteiger partial charge is 0.468 e. The van der Waals surface area contributed by atoms with Crippen LogP contribution in [0, 0.1) is 5.41 Å². The number of hydrogen-bond acceptors (Lipinski definition) is 2. The molecule has 72 valence electrons. The van der Waals surface area contributed by atoms with E-state index in [4.69, 9.17) is 15.6 Å². The lowest BCUT2D eigenvalue weighted by Crippen LogP contribution is -2.10. The summed E-state index contributed by atoms with van der Waals surface area (Å²) in [5.41, 5.74) is 6.13. The van der Waals surface area contributed by atoms with Gasteiger partial charge < -0.3 is 10.2 Å². The van der Waals surface area contributed by atoms with E-state index in [1.54, 1.807) is 6.26 Å². The molecule has 2 aromatic rings. The van der Waals surface area contributed by atoms with Gasteiger partial charge in [0.25, 0.3) is 0 Å². The lowest BCUT2D eigenvalue weighted by molar-refractivity contribution is 0.521. The van der Waals surface area contributed by atoms with Crippen molar-refractivity contribution in [3.8, 4) is 0 Å². The standard InChI is InChI=1S/C11H12N2O/c1-2-10-9-4-3-7(11(12)13)5-8(9)6-14-10/h3-6H,2H2,1H3,(H3,12,13). The lowest BCUT2D eigenvalue weighted by atomic mass is 10.1. The summed E-state index contributed by atoms with van der Waals surface area (Å²) in [6.07, 6.45) is 2.59. The second-order valence-electron chi connectivity index (χ2n) is 3.23. The van der Waals surface area contributed by atoms with Crippen LogP contribution in [0.25, 0.3) is 10.8 Å². The van der Waals surface area contributed by atoms with Crippen LogP contribution in [0.2, 0.25) is 0 Å². The predicted molar refractivity (Wildman–Crippen MR) is 56.6 cm³/mol. The number of furan rings is 1. The summed E-state index contributed by atoms with van der Waals surface area (Å²) in [4.78, 5) is 0. The fraction of sp³-hybridized carbons (Fsp3) is 0.182. The summed E-state index contributed by atoms with van der Waals surface area (Å²) >= 11 is 0. The first-order valence-corrected chi connectivity index (χ1v) is 4.57. The Hall–Kier alpha value is -1.77. The fourth-order valence-electron chi connectivity index (χ4n) is 1.55. The Morgan fingerprint density at radius 2 is 2.29 bits per heavy atom. The average molecular weight is 188 g/mol. The molecule has 14 heavy (non-hydrogen) atoms. The predicted octanol–water partition coefficient (Wildman–Crippen LogP) is 2.28.